The van der Waals surface area contributed by atoms with Crippen molar-refractivity contribution in [2.45, 2.75) is 13.8 Å². The summed E-state index contributed by atoms with van der Waals surface area (Å²) in [5.41, 5.74) is 8.04. The molecule has 0 atom stereocenters. The lowest BCUT2D eigenvalue weighted by Gasteiger charge is -2.08. The van der Waals surface area contributed by atoms with Gasteiger partial charge in [-0.25, -0.2) is 4.79 Å². The Morgan fingerprint density at radius 2 is 1.93 bits per heavy atom. The third-order valence-electron chi connectivity index (χ3n) is 1.92. The highest BCUT2D eigenvalue weighted by molar-refractivity contribution is 5.65. The molecule has 2 N–H and O–H groups in total. The summed E-state index contributed by atoms with van der Waals surface area (Å²) in [6, 6.07) is 3.47. The molecule has 1 rings (SSSR count). The second kappa shape index (κ2) is 4.00. The lowest BCUT2D eigenvalue weighted by Crippen LogP contribution is -2.08. The van der Waals surface area contributed by atoms with Crippen molar-refractivity contribution in [2.75, 3.05) is 12.8 Å². The number of hydrogen-bond acceptors (Lipinski definition) is 4. The zero-order valence-electron chi connectivity index (χ0n) is 8.46. The van der Waals surface area contributed by atoms with Crippen molar-refractivity contribution in [1.29, 1.82) is 0 Å². The van der Waals surface area contributed by atoms with E-state index < -0.39 is 6.16 Å². The maximum atomic E-state index is 10.9. The van der Waals surface area contributed by atoms with Crippen LogP contribution < -0.4 is 10.5 Å². The summed E-state index contributed by atoms with van der Waals surface area (Å²) in [4.78, 5) is 10.9. The van der Waals surface area contributed by atoms with Gasteiger partial charge in [-0.1, -0.05) is 0 Å². The van der Waals surface area contributed by atoms with E-state index in [0.717, 1.165) is 11.1 Å². The zero-order valence-corrected chi connectivity index (χ0v) is 8.46. The molecule has 4 heteroatoms. The summed E-state index contributed by atoms with van der Waals surface area (Å²) in [6.45, 7) is 3.66. The summed E-state index contributed by atoms with van der Waals surface area (Å²) in [5, 5.41) is 0. The van der Waals surface area contributed by atoms with Crippen LogP contribution in [-0.4, -0.2) is 13.3 Å². The number of rotatable bonds is 1. The van der Waals surface area contributed by atoms with Crippen LogP contribution in [0.1, 0.15) is 11.1 Å². The van der Waals surface area contributed by atoms with Crippen LogP contribution in [0.25, 0.3) is 0 Å². The Balaban J connectivity index is 2.98. The number of carbonyl (C=O) groups excluding carboxylic acids is 1. The fourth-order valence-electron chi connectivity index (χ4n) is 1.05. The van der Waals surface area contributed by atoms with Gasteiger partial charge in [0, 0.05) is 5.69 Å². The smallest absolute Gasteiger partial charge is 0.437 e. The second-order valence-electron chi connectivity index (χ2n) is 3.03. The van der Waals surface area contributed by atoms with Crippen molar-refractivity contribution in [3.8, 4) is 5.75 Å². The Labute approximate surface area is 82.6 Å². The molecule has 1 aromatic carbocycles. The first-order chi connectivity index (χ1) is 6.54. The number of nitrogens with two attached hydrogens (primary N) is 1. The largest absolute Gasteiger partial charge is 0.513 e. The molecule has 0 radical (unpaired) electrons. The molecular formula is C10H13NO3. The van der Waals surface area contributed by atoms with Crippen molar-refractivity contribution >= 4 is 11.8 Å². The average Bonchev–Trinajstić information content (AvgIpc) is 2.14. The fraction of sp³-hybridized carbons (Fsp3) is 0.300. The normalized spacial score (nSPS) is 9.64. The fourth-order valence-corrected chi connectivity index (χ4v) is 1.05. The molecule has 0 aliphatic carbocycles. The first-order valence-electron chi connectivity index (χ1n) is 4.17. The first kappa shape index (κ1) is 10.4. The molecule has 0 aliphatic heterocycles. The number of benzene rings is 1. The van der Waals surface area contributed by atoms with E-state index >= 15 is 0 Å². The lowest BCUT2D eigenvalue weighted by molar-refractivity contribution is 0.121. The molecule has 1 aromatic rings. The third kappa shape index (κ3) is 2.16. The molecule has 0 saturated heterocycles. The van der Waals surface area contributed by atoms with E-state index in [-0.39, 0.29) is 0 Å². The highest BCUT2D eigenvalue weighted by atomic mass is 16.7. The molecule has 0 unspecified atom stereocenters. The molecule has 0 fully saturated rings. The van der Waals surface area contributed by atoms with Gasteiger partial charge in [0.25, 0.3) is 0 Å². The van der Waals surface area contributed by atoms with Crippen LogP contribution in [-0.2, 0) is 4.74 Å². The van der Waals surface area contributed by atoms with Gasteiger partial charge in [-0.3, -0.25) is 0 Å². The molecule has 14 heavy (non-hydrogen) atoms. The molecular weight excluding hydrogens is 182 g/mol. The number of hydrogen-bond donors (Lipinski definition) is 1. The maximum absolute atomic E-state index is 10.9. The van der Waals surface area contributed by atoms with Crippen LogP contribution in [0.2, 0.25) is 0 Å². The summed E-state index contributed by atoms with van der Waals surface area (Å²) < 4.78 is 9.30. The van der Waals surface area contributed by atoms with Crippen molar-refractivity contribution in [1.82, 2.24) is 0 Å². The molecule has 0 amide bonds. The Hall–Kier alpha value is -1.71. The van der Waals surface area contributed by atoms with Gasteiger partial charge in [0.2, 0.25) is 0 Å². The number of methoxy groups -OCH3 is 1. The molecule has 0 bridgehead atoms. The minimum Gasteiger partial charge on any atom is -0.437 e. The van der Waals surface area contributed by atoms with Crippen molar-refractivity contribution < 1.29 is 14.3 Å². The summed E-state index contributed by atoms with van der Waals surface area (Å²) in [7, 11) is 1.27. The van der Waals surface area contributed by atoms with Crippen molar-refractivity contribution in [2.24, 2.45) is 0 Å². The van der Waals surface area contributed by atoms with Gasteiger partial charge in [-0.05, 0) is 37.1 Å². The zero-order chi connectivity index (χ0) is 10.7. The van der Waals surface area contributed by atoms with Crippen LogP contribution in [0.15, 0.2) is 12.1 Å². The van der Waals surface area contributed by atoms with Crippen LogP contribution in [0.4, 0.5) is 10.5 Å². The quantitative estimate of drug-likeness (QED) is 0.423. The molecule has 0 aromatic heterocycles. The van der Waals surface area contributed by atoms with Crippen LogP contribution in [0.3, 0.4) is 0 Å². The van der Waals surface area contributed by atoms with Gasteiger partial charge in [0.15, 0.2) is 0 Å². The van der Waals surface area contributed by atoms with Crippen molar-refractivity contribution in [3.05, 3.63) is 23.3 Å². The maximum Gasteiger partial charge on any atom is 0.513 e. The predicted molar refractivity (Wildman–Crippen MR) is 53.4 cm³/mol. The average molecular weight is 195 g/mol. The van der Waals surface area contributed by atoms with Gasteiger partial charge in [0.05, 0.1) is 7.11 Å². The summed E-state index contributed by atoms with van der Waals surface area (Å²) >= 11 is 0. The van der Waals surface area contributed by atoms with Gasteiger partial charge in [0.1, 0.15) is 5.75 Å². The molecule has 4 nitrogen and oxygen atoms in total. The van der Waals surface area contributed by atoms with E-state index in [1.54, 1.807) is 12.1 Å². The van der Waals surface area contributed by atoms with Crippen LogP contribution in [0.5, 0.6) is 5.75 Å². The van der Waals surface area contributed by atoms with Gasteiger partial charge in [-0.2, -0.15) is 0 Å². The van der Waals surface area contributed by atoms with Gasteiger partial charge >= 0.3 is 6.16 Å². The van der Waals surface area contributed by atoms with E-state index in [2.05, 4.69) is 4.74 Å². The monoisotopic (exact) mass is 195 g/mol. The van der Waals surface area contributed by atoms with Gasteiger partial charge in [-0.15, -0.1) is 0 Å². The number of nitrogen functional groups attached to an aromatic ring is 1. The summed E-state index contributed by atoms with van der Waals surface area (Å²) in [5.74, 6) is 0.476. The van der Waals surface area contributed by atoms with E-state index in [1.165, 1.54) is 7.11 Å². The van der Waals surface area contributed by atoms with Crippen molar-refractivity contribution in [3.63, 3.8) is 0 Å². The van der Waals surface area contributed by atoms with Gasteiger partial charge < -0.3 is 15.2 Å². The lowest BCUT2D eigenvalue weighted by atomic mass is 10.1. The minimum atomic E-state index is -0.725. The second-order valence-corrected chi connectivity index (χ2v) is 3.03. The molecule has 76 valence electrons. The molecule has 0 spiro atoms. The highest BCUT2D eigenvalue weighted by Crippen LogP contribution is 2.24. The molecule has 0 heterocycles. The third-order valence-corrected chi connectivity index (χ3v) is 1.92. The van der Waals surface area contributed by atoms with Crippen LogP contribution in [0, 0.1) is 13.8 Å². The van der Waals surface area contributed by atoms with E-state index in [1.807, 2.05) is 13.8 Å². The minimum absolute atomic E-state index is 0.476. The van der Waals surface area contributed by atoms with E-state index in [0.29, 0.717) is 11.4 Å². The Kier molecular flexibility index (Phi) is 2.96. The van der Waals surface area contributed by atoms with E-state index in [4.69, 9.17) is 10.5 Å². The summed E-state index contributed by atoms with van der Waals surface area (Å²) in [6.07, 6.45) is -0.725. The van der Waals surface area contributed by atoms with Crippen LogP contribution >= 0.6 is 0 Å². The molecule has 0 aliphatic rings. The standard InChI is InChI=1S/C10H13NO3/c1-6-5-9(14-10(12)13-3)7(2)4-8(6)11/h4-5H,11H2,1-3H3. The first-order valence-corrected chi connectivity index (χ1v) is 4.17. The SMILES string of the molecule is COC(=O)Oc1cc(C)c(N)cc1C. The highest BCUT2D eigenvalue weighted by Gasteiger charge is 2.08. The van der Waals surface area contributed by atoms with E-state index in [9.17, 15) is 4.79 Å². The Morgan fingerprint density at radius 3 is 2.50 bits per heavy atom. The Morgan fingerprint density at radius 1 is 1.29 bits per heavy atom. The number of aryl methyl sites for hydroxylation is 2. The number of ether oxygens (including phenoxy) is 2. The molecule has 0 saturated carbocycles. The topological polar surface area (TPSA) is 61.5 Å². The Bertz CT molecular complexity index is 361. The predicted octanol–water partition coefficient (Wildman–Crippen LogP) is 2.03. The number of anilines is 1. The number of carbonyl (C=O) groups is 1.